The SMILES string of the molecule is CCOc1ccc2c(c1)[C@@H](N)CCC2C. The lowest BCUT2D eigenvalue weighted by Gasteiger charge is -2.27. The van der Waals surface area contributed by atoms with E-state index in [1.807, 2.05) is 6.92 Å². The molecule has 2 heteroatoms. The van der Waals surface area contributed by atoms with Crippen molar-refractivity contribution in [2.24, 2.45) is 5.73 Å². The molecule has 0 saturated carbocycles. The molecular weight excluding hydrogens is 186 g/mol. The first kappa shape index (κ1) is 10.5. The Morgan fingerprint density at radius 1 is 1.33 bits per heavy atom. The van der Waals surface area contributed by atoms with Crippen molar-refractivity contribution in [3.63, 3.8) is 0 Å². The first-order chi connectivity index (χ1) is 7.22. The molecule has 15 heavy (non-hydrogen) atoms. The van der Waals surface area contributed by atoms with Crippen LogP contribution in [0.5, 0.6) is 5.75 Å². The Kier molecular flexibility index (Phi) is 2.96. The number of nitrogens with two attached hydrogens (primary N) is 1. The molecule has 2 rings (SSSR count). The molecule has 0 heterocycles. The summed E-state index contributed by atoms with van der Waals surface area (Å²) in [5.41, 5.74) is 8.80. The van der Waals surface area contributed by atoms with Gasteiger partial charge in [0.25, 0.3) is 0 Å². The van der Waals surface area contributed by atoms with Gasteiger partial charge < -0.3 is 10.5 Å². The second-order valence-electron chi connectivity index (χ2n) is 4.31. The average Bonchev–Trinajstić information content (AvgIpc) is 2.24. The van der Waals surface area contributed by atoms with Crippen LogP contribution in [0.15, 0.2) is 18.2 Å². The molecule has 1 unspecified atom stereocenters. The summed E-state index contributed by atoms with van der Waals surface area (Å²) in [6.45, 7) is 4.98. The van der Waals surface area contributed by atoms with Crippen LogP contribution in [0.4, 0.5) is 0 Å². The van der Waals surface area contributed by atoms with Gasteiger partial charge in [0.1, 0.15) is 5.75 Å². The van der Waals surface area contributed by atoms with Crippen molar-refractivity contribution < 1.29 is 4.74 Å². The van der Waals surface area contributed by atoms with Gasteiger partial charge in [-0.3, -0.25) is 0 Å². The summed E-state index contributed by atoms with van der Waals surface area (Å²) in [5.74, 6) is 1.58. The minimum Gasteiger partial charge on any atom is -0.494 e. The van der Waals surface area contributed by atoms with Crippen molar-refractivity contribution in [3.05, 3.63) is 29.3 Å². The smallest absolute Gasteiger partial charge is 0.119 e. The van der Waals surface area contributed by atoms with Crippen molar-refractivity contribution in [3.8, 4) is 5.75 Å². The van der Waals surface area contributed by atoms with Crippen LogP contribution in [-0.4, -0.2) is 6.61 Å². The third-order valence-electron chi connectivity index (χ3n) is 3.21. The van der Waals surface area contributed by atoms with E-state index in [0.29, 0.717) is 12.5 Å². The average molecular weight is 205 g/mol. The predicted octanol–water partition coefficient (Wildman–Crippen LogP) is 2.98. The zero-order chi connectivity index (χ0) is 10.8. The van der Waals surface area contributed by atoms with Crippen molar-refractivity contribution in [2.45, 2.75) is 38.6 Å². The molecule has 1 aliphatic rings. The third kappa shape index (κ3) is 2.00. The molecule has 0 aliphatic heterocycles. The van der Waals surface area contributed by atoms with E-state index >= 15 is 0 Å². The number of hydrogen-bond donors (Lipinski definition) is 1. The summed E-state index contributed by atoms with van der Waals surface area (Å²) in [6.07, 6.45) is 2.28. The van der Waals surface area contributed by atoms with Crippen LogP contribution in [0.1, 0.15) is 49.8 Å². The lowest BCUT2D eigenvalue weighted by molar-refractivity contribution is 0.338. The summed E-state index contributed by atoms with van der Waals surface area (Å²) in [5, 5.41) is 0. The van der Waals surface area contributed by atoms with E-state index in [-0.39, 0.29) is 6.04 Å². The van der Waals surface area contributed by atoms with Crippen LogP contribution >= 0.6 is 0 Å². The molecule has 1 aliphatic carbocycles. The van der Waals surface area contributed by atoms with Gasteiger partial charge in [0.2, 0.25) is 0 Å². The molecule has 2 nitrogen and oxygen atoms in total. The second kappa shape index (κ2) is 4.23. The molecule has 0 fully saturated rings. The largest absolute Gasteiger partial charge is 0.494 e. The van der Waals surface area contributed by atoms with Crippen molar-refractivity contribution in [1.29, 1.82) is 0 Å². The summed E-state index contributed by atoms with van der Waals surface area (Å²) >= 11 is 0. The summed E-state index contributed by atoms with van der Waals surface area (Å²) in [4.78, 5) is 0. The minimum absolute atomic E-state index is 0.191. The van der Waals surface area contributed by atoms with E-state index in [0.717, 1.165) is 12.2 Å². The number of hydrogen-bond acceptors (Lipinski definition) is 2. The van der Waals surface area contributed by atoms with Gasteiger partial charge >= 0.3 is 0 Å². The van der Waals surface area contributed by atoms with Crippen LogP contribution in [0.3, 0.4) is 0 Å². The molecule has 2 N–H and O–H groups in total. The molecular formula is C13H19NO. The van der Waals surface area contributed by atoms with Crippen molar-refractivity contribution in [2.75, 3.05) is 6.61 Å². The Bertz CT molecular complexity index is 348. The van der Waals surface area contributed by atoms with E-state index in [1.165, 1.54) is 17.5 Å². The number of ether oxygens (including phenoxy) is 1. The van der Waals surface area contributed by atoms with Crippen LogP contribution in [0, 0.1) is 0 Å². The fourth-order valence-corrected chi connectivity index (χ4v) is 2.32. The molecule has 1 aromatic carbocycles. The fourth-order valence-electron chi connectivity index (χ4n) is 2.32. The number of rotatable bonds is 2. The molecule has 82 valence electrons. The van der Waals surface area contributed by atoms with Crippen LogP contribution in [-0.2, 0) is 0 Å². The Morgan fingerprint density at radius 2 is 2.13 bits per heavy atom. The highest BCUT2D eigenvalue weighted by atomic mass is 16.5. The fraction of sp³-hybridized carbons (Fsp3) is 0.538. The Labute approximate surface area is 91.4 Å². The third-order valence-corrected chi connectivity index (χ3v) is 3.21. The first-order valence-corrected chi connectivity index (χ1v) is 5.74. The van der Waals surface area contributed by atoms with Gasteiger partial charge in [-0.25, -0.2) is 0 Å². The second-order valence-corrected chi connectivity index (χ2v) is 4.31. The summed E-state index contributed by atoms with van der Waals surface area (Å²) in [7, 11) is 0. The van der Waals surface area contributed by atoms with Gasteiger partial charge in [-0.1, -0.05) is 13.0 Å². The predicted molar refractivity (Wildman–Crippen MR) is 62.2 cm³/mol. The molecule has 0 saturated heterocycles. The maximum absolute atomic E-state index is 6.12. The van der Waals surface area contributed by atoms with Crippen molar-refractivity contribution in [1.82, 2.24) is 0 Å². The Morgan fingerprint density at radius 3 is 2.87 bits per heavy atom. The van der Waals surface area contributed by atoms with Gasteiger partial charge in [-0.05, 0) is 48.9 Å². The molecule has 2 atom stereocenters. The molecule has 0 amide bonds. The highest BCUT2D eigenvalue weighted by molar-refractivity contribution is 5.40. The molecule has 0 radical (unpaired) electrons. The van der Waals surface area contributed by atoms with Gasteiger partial charge in [0.15, 0.2) is 0 Å². The van der Waals surface area contributed by atoms with Gasteiger partial charge in [0.05, 0.1) is 6.61 Å². The molecule has 0 aromatic heterocycles. The highest BCUT2D eigenvalue weighted by Crippen LogP contribution is 2.37. The zero-order valence-corrected chi connectivity index (χ0v) is 9.49. The monoisotopic (exact) mass is 205 g/mol. The zero-order valence-electron chi connectivity index (χ0n) is 9.49. The highest BCUT2D eigenvalue weighted by Gasteiger charge is 2.22. The van der Waals surface area contributed by atoms with Crippen LogP contribution in [0.25, 0.3) is 0 Å². The molecule has 1 aromatic rings. The maximum Gasteiger partial charge on any atom is 0.119 e. The minimum atomic E-state index is 0.191. The number of fused-ring (bicyclic) bond motifs is 1. The van der Waals surface area contributed by atoms with E-state index in [1.54, 1.807) is 0 Å². The van der Waals surface area contributed by atoms with E-state index in [4.69, 9.17) is 10.5 Å². The quantitative estimate of drug-likeness (QED) is 0.805. The van der Waals surface area contributed by atoms with Crippen molar-refractivity contribution >= 4 is 0 Å². The topological polar surface area (TPSA) is 35.2 Å². The molecule has 0 spiro atoms. The van der Waals surface area contributed by atoms with Gasteiger partial charge in [0, 0.05) is 6.04 Å². The van der Waals surface area contributed by atoms with Gasteiger partial charge in [-0.2, -0.15) is 0 Å². The van der Waals surface area contributed by atoms with Gasteiger partial charge in [-0.15, -0.1) is 0 Å². The molecule has 0 bridgehead atoms. The number of benzene rings is 1. The van der Waals surface area contributed by atoms with E-state index in [2.05, 4.69) is 25.1 Å². The standard InChI is InChI=1S/C13H19NO/c1-3-15-10-5-6-11-9(2)4-7-13(14)12(11)8-10/h5-6,8-9,13H,3-4,7,14H2,1-2H3/t9?,13-/m0/s1. The van der Waals surface area contributed by atoms with E-state index < -0.39 is 0 Å². The Hall–Kier alpha value is -1.02. The van der Waals surface area contributed by atoms with Crippen LogP contribution < -0.4 is 10.5 Å². The summed E-state index contributed by atoms with van der Waals surface area (Å²) < 4.78 is 5.50. The lowest BCUT2D eigenvalue weighted by atomic mass is 9.81. The van der Waals surface area contributed by atoms with E-state index in [9.17, 15) is 0 Å². The van der Waals surface area contributed by atoms with Crippen LogP contribution in [0.2, 0.25) is 0 Å². The summed E-state index contributed by atoms with van der Waals surface area (Å²) in [6, 6.07) is 6.52. The lowest BCUT2D eigenvalue weighted by Crippen LogP contribution is -2.19. The normalized spacial score (nSPS) is 24.7. The first-order valence-electron chi connectivity index (χ1n) is 5.74. The Balaban J connectivity index is 2.36. The maximum atomic E-state index is 6.12.